The van der Waals surface area contributed by atoms with Crippen LogP contribution in [0.15, 0.2) is 18.2 Å². The Labute approximate surface area is 111 Å². The number of aromatic hydroxyl groups is 2. The van der Waals surface area contributed by atoms with Gasteiger partial charge in [0.1, 0.15) is 11.5 Å². The molecule has 5 nitrogen and oxygen atoms in total. The minimum atomic E-state index is -0.206. The number of hydrogen-bond donors (Lipinski definition) is 3. The Kier molecular flexibility index (Phi) is 3.06. The van der Waals surface area contributed by atoms with Gasteiger partial charge in [0.15, 0.2) is 0 Å². The molecule has 2 heterocycles. The minimum Gasteiger partial charge on any atom is -0.508 e. The summed E-state index contributed by atoms with van der Waals surface area (Å²) in [6.45, 7) is 1.37. The molecule has 2 aliphatic heterocycles. The second-order valence-corrected chi connectivity index (χ2v) is 5.38. The summed E-state index contributed by atoms with van der Waals surface area (Å²) in [4.78, 5) is 14.2. The molecule has 0 aliphatic carbocycles. The SMILES string of the molecule is O=C(c1cc(O)ccc1O)N1CCC2CCC(C1)N2. The fourth-order valence-corrected chi connectivity index (χ4v) is 2.99. The summed E-state index contributed by atoms with van der Waals surface area (Å²) in [5, 5.41) is 22.7. The van der Waals surface area contributed by atoms with Crippen LogP contribution in [0.25, 0.3) is 0 Å². The number of hydrogen-bond acceptors (Lipinski definition) is 4. The van der Waals surface area contributed by atoms with E-state index in [0.717, 1.165) is 12.8 Å². The largest absolute Gasteiger partial charge is 0.508 e. The van der Waals surface area contributed by atoms with Crippen LogP contribution < -0.4 is 5.32 Å². The molecule has 2 unspecified atom stereocenters. The van der Waals surface area contributed by atoms with E-state index < -0.39 is 0 Å². The fourth-order valence-electron chi connectivity index (χ4n) is 2.99. The van der Waals surface area contributed by atoms with Crippen molar-refractivity contribution < 1.29 is 15.0 Å². The third-order valence-electron chi connectivity index (χ3n) is 4.02. The van der Waals surface area contributed by atoms with Crippen molar-refractivity contribution >= 4 is 5.91 Å². The van der Waals surface area contributed by atoms with Gasteiger partial charge in [0, 0.05) is 25.2 Å². The molecular formula is C14H18N2O3. The van der Waals surface area contributed by atoms with Gasteiger partial charge in [0.2, 0.25) is 0 Å². The van der Waals surface area contributed by atoms with Crippen LogP contribution in [-0.2, 0) is 0 Å². The molecule has 3 rings (SSSR count). The van der Waals surface area contributed by atoms with Gasteiger partial charge in [-0.25, -0.2) is 0 Å². The fraction of sp³-hybridized carbons (Fsp3) is 0.500. The lowest BCUT2D eigenvalue weighted by Crippen LogP contribution is -2.39. The first-order chi connectivity index (χ1) is 9.13. The normalized spacial score (nSPS) is 26.2. The molecule has 19 heavy (non-hydrogen) atoms. The molecule has 0 radical (unpaired) electrons. The van der Waals surface area contributed by atoms with Gasteiger partial charge in [-0.1, -0.05) is 0 Å². The molecule has 2 saturated heterocycles. The number of phenols is 2. The van der Waals surface area contributed by atoms with Gasteiger partial charge in [0.05, 0.1) is 5.56 Å². The maximum Gasteiger partial charge on any atom is 0.257 e. The zero-order valence-corrected chi connectivity index (χ0v) is 10.7. The summed E-state index contributed by atoms with van der Waals surface area (Å²) in [6.07, 6.45) is 3.23. The zero-order valence-electron chi connectivity index (χ0n) is 10.7. The van der Waals surface area contributed by atoms with Crippen molar-refractivity contribution in [3.63, 3.8) is 0 Å². The quantitative estimate of drug-likeness (QED) is 0.662. The lowest BCUT2D eigenvalue weighted by molar-refractivity contribution is 0.0744. The number of phenolic OH excluding ortho intramolecular Hbond substituents is 2. The van der Waals surface area contributed by atoms with E-state index in [1.165, 1.54) is 24.6 Å². The Morgan fingerprint density at radius 3 is 2.84 bits per heavy atom. The molecule has 0 aromatic heterocycles. The Morgan fingerprint density at radius 1 is 1.21 bits per heavy atom. The van der Waals surface area contributed by atoms with Crippen LogP contribution in [0.5, 0.6) is 11.5 Å². The van der Waals surface area contributed by atoms with Gasteiger partial charge in [0.25, 0.3) is 5.91 Å². The molecule has 2 bridgehead atoms. The Hall–Kier alpha value is -1.75. The van der Waals surface area contributed by atoms with Gasteiger partial charge >= 0.3 is 0 Å². The molecule has 3 N–H and O–H groups in total. The second-order valence-electron chi connectivity index (χ2n) is 5.38. The van der Waals surface area contributed by atoms with E-state index >= 15 is 0 Å². The Bertz CT molecular complexity index is 503. The number of benzene rings is 1. The minimum absolute atomic E-state index is 0.00406. The van der Waals surface area contributed by atoms with E-state index in [2.05, 4.69) is 5.32 Å². The van der Waals surface area contributed by atoms with Crippen molar-refractivity contribution in [2.24, 2.45) is 0 Å². The van der Waals surface area contributed by atoms with Crippen LogP contribution >= 0.6 is 0 Å². The van der Waals surface area contributed by atoms with Crippen molar-refractivity contribution in [2.45, 2.75) is 31.3 Å². The van der Waals surface area contributed by atoms with E-state index in [1.807, 2.05) is 0 Å². The maximum absolute atomic E-state index is 12.4. The first kappa shape index (κ1) is 12.3. The van der Waals surface area contributed by atoms with Crippen molar-refractivity contribution in [1.82, 2.24) is 10.2 Å². The molecule has 102 valence electrons. The molecule has 2 fully saturated rings. The summed E-state index contributed by atoms with van der Waals surface area (Å²) in [5.41, 5.74) is 0.178. The molecule has 2 atom stereocenters. The number of nitrogens with one attached hydrogen (secondary N) is 1. The van der Waals surface area contributed by atoms with Crippen molar-refractivity contribution in [3.05, 3.63) is 23.8 Å². The highest BCUT2D eigenvalue weighted by atomic mass is 16.3. The first-order valence-corrected chi connectivity index (χ1v) is 6.71. The maximum atomic E-state index is 12.4. The lowest BCUT2D eigenvalue weighted by atomic mass is 10.1. The highest BCUT2D eigenvalue weighted by Gasteiger charge is 2.32. The zero-order chi connectivity index (χ0) is 13.4. The number of nitrogens with zero attached hydrogens (tertiary/aromatic N) is 1. The third kappa shape index (κ3) is 2.38. The highest BCUT2D eigenvalue weighted by Crippen LogP contribution is 2.26. The molecule has 1 aromatic rings. The second kappa shape index (κ2) is 4.74. The summed E-state index contributed by atoms with van der Waals surface area (Å²) in [5.74, 6) is -0.288. The van der Waals surface area contributed by atoms with Gasteiger partial charge in [-0.3, -0.25) is 4.79 Å². The number of carbonyl (C=O) groups is 1. The van der Waals surface area contributed by atoms with Gasteiger partial charge in [-0.05, 0) is 37.5 Å². The molecule has 0 spiro atoms. The summed E-state index contributed by atoms with van der Waals surface area (Å²) >= 11 is 0. The molecule has 1 aromatic carbocycles. The van der Waals surface area contributed by atoms with Gasteiger partial charge < -0.3 is 20.4 Å². The van der Waals surface area contributed by atoms with Crippen LogP contribution in [0.3, 0.4) is 0 Å². The molecule has 1 amide bonds. The van der Waals surface area contributed by atoms with E-state index in [0.29, 0.717) is 25.2 Å². The topological polar surface area (TPSA) is 72.8 Å². The molecule has 5 heteroatoms. The first-order valence-electron chi connectivity index (χ1n) is 6.71. The van der Waals surface area contributed by atoms with Crippen LogP contribution in [0, 0.1) is 0 Å². The number of amides is 1. The molecule has 2 aliphatic rings. The number of fused-ring (bicyclic) bond motifs is 2. The van der Waals surface area contributed by atoms with E-state index in [1.54, 1.807) is 4.90 Å². The average molecular weight is 262 g/mol. The highest BCUT2D eigenvalue weighted by molar-refractivity contribution is 5.97. The van der Waals surface area contributed by atoms with Crippen molar-refractivity contribution in [1.29, 1.82) is 0 Å². The van der Waals surface area contributed by atoms with Gasteiger partial charge in [-0.15, -0.1) is 0 Å². The van der Waals surface area contributed by atoms with Crippen LogP contribution in [0.2, 0.25) is 0 Å². The number of carbonyl (C=O) groups excluding carboxylic acids is 1. The van der Waals surface area contributed by atoms with Crippen LogP contribution in [0.1, 0.15) is 29.6 Å². The predicted octanol–water partition coefficient (Wildman–Crippen LogP) is 1.06. The van der Waals surface area contributed by atoms with E-state index in [4.69, 9.17) is 0 Å². The summed E-state index contributed by atoms with van der Waals surface area (Å²) in [6, 6.07) is 4.92. The summed E-state index contributed by atoms with van der Waals surface area (Å²) in [7, 11) is 0. The predicted molar refractivity (Wildman–Crippen MR) is 70.2 cm³/mol. The van der Waals surface area contributed by atoms with Crippen molar-refractivity contribution in [2.75, 3.05) is 13.1 Å². The smallest absolute Gasteiger partial charge is 0.257 e. The van der Waals surface area contributed by atoms with E-state index in [9.17, 15) is 15.0 Å². The third-order valence-corrected chi connectivity index (χ3v) is 4.02. The number of likely N-dealkylation sites (tertiary alicyclic amines) is 1. The van der Waals surface area contributed by atoms with Crippen LogP contribution in [0.4, 0.5) is 0 Å². The van der Waals surface area contributed by atoms with Crippen molar-refractivity contribution in [3.8, 4) is 11.5 Å². The summed E-state index contributed by atoms with van der Waals surface area (Å²) < 4.78 is 0. The monoisotopic (exact) mass is 262 g/mol. The Balaban J connectivity index is 1.81. The number of rotatable bonds is 1. The standard InChI is InChI=1S/C14H18N2O3/c17-11-3-4-13(18)12(7-11)14(19)16-6-5-9-1-2-10(8-16)15-9/h3-4,7,9-10,15,17-18H,1-2,5-6,8H2. The van der Waals surface area contributed by atoms with Gasteiger partial charge in [-0.2, -0.15) is 0 Å². The Morgan fingerprint density at radius 2 is 2.00 bits per heavy atom. The van der Waals surface area contributed by atoms with Crippen LogP contribution in [-0.4, -0.2) is 46.2 Å². The average Bonchev–Trinajstić information content (AvgIpc) is 2.71. The molecule has 0 saturated carbocycles. The van der Waals surface area contributed by atoms with E-state index in [-0.39, 0.29) is 23.0 Å². The lowest BCUT2D eigenvalue weighted by Gasteiger charge is -2.24. The molecular weight excluding hydrogens is 244 g/mol.